The zero-order valence-electron chi connectivity index (χ0n) is 10.9. The van der Waals surface area contributed by atoms with Crippen molar-refractivity contribution in [3.05, 3.63) is 29.3 Å². The Hall–Kier alpha value is -1.86. The van der Waals surface area contributed by atoms with Crippen molar-refractivity contribution < 1.29 is 9.90 Å². The summed E-state index contributed by atoms with van der Waals surface area (Å²) in [5.74, 6) is 0. The van der Waals surface area contributed by atoms with E-state index in [9.17, 15) is 15.2 Å². The molecule has 2 rings (SSSR count). The number of hydrogen-bond acceptors (Lipinski definition) is 4. The Balaban J connectivity index is 2.35. The van der Waals surface area contributed by atoms with E-state index in [-0.39, 0.29) is 6.61 Å². The van der Waals surface area contributed by atoms with Crippen molar-refractivity contribution in [2.45, 2.75) is 31.7 Å². The quantitative estimate of drug-likeness (QED) is 0.822. The predicted octanol–water partition coefficient (Wildman–Crippen LogP) is 2.11. The highest BCUT2D eigenvalue weighted by atomic mass is 16.3. The fourth-order valence-corrected chi connectivity index (χ4v) is 2.79. The van der Waals surface area contributed by atoms with Gasteiger partial charge in [-0.2, -0.15) is 5.26 Å². The maximum Gasteiger partial charge on any atom is 0.150 e. The Labute approximate surface area is 113 Å². The van der Waals surface area contributed by atoms with Gasteiger partial charge >= 0.3 is 0 Å². The lowest BCUT2D eigenvalue weighted by Gasteiger charge is -2.31. The van der Waals surface area contributed by atoms with E-state index >= 15 is 0 Å². The van der Waals surface area contributed by atoms with Crippen LogP contribution in [0, 0.1) is 11.3 Å². The molecule has 1 aliphatic carbocycles. The summed E-state index contributed by atoms with van der Waals surface area (Å²) < 4.78 is 0. The van der Waals surface area contributed by atoms with Crippen molar-refractivity contribution >= 4 is 12.0 Å². The van der Waals surface area contributed by atoms with Crippen LogP contribution >= 0.6 is 0 Å². The summed E-state index contributed by atoms with van der Waals surface area (Å²) in [4.78, 5) is 12.9. The van der Waals surface area contributed by atoms with Gasteiger partial charge in [-0.1, -0.05) is 12.8 Å². The van der Waals surface area contributed by atoms with Gasteiger partial charge in [0.05, 0.1) is 17.9 Å². The number of nitrogens with zero attached hydrogens (tertiary/aromatic N) is 2. The number of anilines is 1. The lowest BCUT2D eigenvalue weighted by Crippen LogP contribution is -2.36. The molecule has 0 aliphatic heterocycles. The third-order valence-corrected chi connectivity index (χ3v) is 3.69. The summed E-state index contributed by atoms with van der Waals surface area (Å²) in [5, 5.41) is 18.5. The minimum absolute atomic E-state index is 0.0663. The van der Waals surface area contributed by atoms with Crippen LogP contribution in [-0.4, -0.2) is 30.6 Å². The Morgan fingerprint density at radius 3 is 2.74 bits per heavy atom. The molecule has 4 heteroatoms. The van der Waals surface area contributed by atoms with Gasteiger partial charge < -0.3 is 10.0 Å². The van der Waals surface area contributed by atoms with E-state index in [2.05, 4.69) is 11.0 Å². The molecule has 100 valence electrons. The molecule has 0 spiro atoms. The third-order valence-electron chi connectivity index (χ3n) is 3.69. The molecular formula is C15H18N2O2. The van der Waals surface area contributed by atoms with E-state index < -0.39 is 0 Å². The summed E-state index contributed by atoms with van der Waals surface area (Å²) in [7, 11) is 0. The van der Waals surface area contributed by atoms with Crippen LogP contribution in [0.15, 0.2) is 18.2 Å². The summed E-state index contributed by atoms with van der Waals surface area (Å²) in [6, 6.07) is 7.69. The predicted molar refractivity (Wildman–Crippen MR) is 73.2 cm³/mol. The van der Waals surface area contributed by atoms with Gasteiger partial charge in [-0.15, -0.1) is 0 Å². The van der Waals surface area contributed by atoms with E-state index in [1.165, 1.54) is 12.8 Å². The normalized spacial score (nSPS) is 15.2. The second-order valence-corrected chi connectivity index (χ2v) is 4.86. The number of nitriles is 1. The van der Waals surface area contributed by atoms with E-state index in [0.717, 1.165) is 24.8 Å². The highest BCUT2D eigenvalue weighted by molar-refractivity contribution is 5.78. The van der Waals surface area contributed by atoms with Crippen LogP contribution in [-0.2, 0) is 0 Å². The highest BCUT2D eigenvalue weighted by Crippen LogP contribution is 2.30. The fourth-order valence-electron chi connectivity index (χ4n) is 2.79. The minimum Gasteiger partial charge on any atom is -0.395 e. The van der Waals surface area contributed by atoms with Gasteiger partial charge in [-0.3, -0.25) is 4.79 Å². The molecule has 1 aliphatic rings. The lowest BCUT2D eigenvalue weighted by molar-refractivity contribution is 0.112. The maximum absolute atomic E-state index is 10.8. The maximum atomic E-state index is 10.8. The standard InChI is InChI=1S/C15H18N2O2/c16-10-13-9-12(11-19)5-6-15(13)17(7-8-18)14-3-1-2-4-14/h5-6,9,11,14,18H,1-4,7-8H2. The molecular weight excluding hydrogens is 240 g/mol. The first kappa shape index (κ1) is 13.6. The van der Waals surface area contributed by atoms with Crippen LogP contribution in [0.3, 0.4) is 0 Å². The summed E-state index contributed by atoms with van der Waals surface area (Å²) in [6.45, 7) is 0.594. The lowest BCUT2D eigenvalue weighted by atomic mass is 10.1. The molecule has 19 heavy (non-hydrogen) atoms. The molecule has 1 fully saturated rings. The van der Waals surface area contributed by atoms with Crippen molar-refractivity contribution in [2.24, 2.45) is 0 Å². The fraction of sp³-hybridized carbons (Fsp3) is 0.467. The second kappa shape index (κ2) is 6.35. The molecule has 0 atom stereocenters. The summed E-state index contributed by atoms with van der Waals surface area (Å²) in [5.41, 5.74) is 1.84. The van der Waals surface area contributed by atoms with Gasteiger partial charge in [-0.25, -0.2) is 0 Å². The number of aliphatic hydroxyl groups excluding tert-OH is 1. The van der Waals surface area contributed by atoms with Gasteiger partial charge in [0.25, 0.3) is 0 Å². The van der Waals surface area contributed by atoms with Crippen molar-refractivity contribution in [3.8, 4) is 6.07 Å². The van der Waals surface area contributed by atoms with Crippen molar-refractivity contribution in [1.29, 1.82) is 5.26 Å². The number of aliphatic hydroxyl groups is 1. The Morgan fingerprint density at radius 2 is 2.16 bits per heavy atom. The Kier molecular flexibility index (Phi) is 4.53. The topological polar surface area (TPSA) is 64.3 Å². The summed E-state index contributed by atoms with van der Waals surface area (Å²) >= 11 is 0. The first-order valence-electron chi connectivity index (χ1n) is 6.67. The van der Waals surface area contributed by atoms with E-state index in [4.69, 9.17) is 0 Å². The zero-order chi connectivity index (χ0) is 13.7. The number of benzene rings is 1. The van der Waals surface area contributed by atoms with Gasteiger partial charge in [0, 0.05) is 18.2 Å². The van der Waals surface area contributed by atoms with Crippen molar-refractivity contribution in [1.82, 2.24) is 0 Å². The van der Waals surface area contributed by atoms with E-state index in [1.54, 1.807) is 12.1 Å². The van der Waals surface area contributed by atoms with Crippen LogP contribution in [0.5, 0.6) is 0 Å². The number of aldehydes is 1. The number of carbonyl (C=O) groups is 1. The number of carbonyl (C=O) groups excluding carboxylic acids is 1. The highest BCUT2D eigenvalue weighted by Gasteiger charge is 2.24. The molecule has 0 saturated heterocycles. The molecule has 0 unspecified atom stereocenters. The molecule has 0 amide bonds. The molecule has 1 saturated carbocycles. The zero-order valence-corrected chi connectivity index (χ0v) is 10.9. The number of rotatable bonds is 5. The molecule has 4 nitrogen and oxygen atoms in total. The molecule has 0 heterocycles. The first-order valence-corrected chi connectivity index (χ1v) is 6.67. The molecule has 1 N–H and O–H groups in total. The Bertz CT molecular complexity index is 487. The third kappa shape index (κ3) is 2.94. The van der Waals surface area contributed by atoms with E-state index in [0.29, 0.717) is 23.7 Å². The minimum atomic E-state index is 0.0663. The second-order valence-electron chi connectivity index (χ2n) is 4.86. The van der Waals surface area contributed by atoms with Crippen LogP contribution in [0.25, 0.3) is 0 Å². The average Bonchev–Trinajstić information content (AvgIpc) is 2.98. The number of hydrogen-bond donors (Lipinski definition) is 1. The Morgan fingerprint density at radius 1 is 1.42 bits per heavy atom. The summed E-state index contributed by atoms with van der Waals surface area (Å²) in [6.07, 6.45) is 5.33. The largest absolute Gasteiger partial charge is 0.395 e. The van der Waals surface area contributed by atoms with Crippen LogP contribution < -0.4 is 4.90 Å². The SMILES string of the molecule is N#Cc1cc(C=O)ccc1N(CCO)C1CCCC1. The monoisotopic (exact) mass is 258 g/mol. The van der Waals surface area contributed by atoms with Gasteiger partial charge in [0.15, 0.2) is 0 Å². The smallest absolute Gasteiger partial charge is 0.150 e. The molecule has 1 aromatic carbocycles. The van der Waals surface area contributed by atoms with Crippen LogP contribution in [0.1, 0.15) is 41.6 Å². The van der Waals surface area contributed by atoms with Gasteiger partial charge in [0.1, 0.15) is 12.4 Å². The molecule has 0 radical (unpaired) electrons. The van der Waals surface area contributed by atoms with Crippen molar-refractivity contribution in [2.75, 3.05) is 18.1 Å². The average molecular weight is 258 g/mol. The van der Waals surface area contributed by atoms with Gasteiger partial charge in [0.2, 0.25) is 0 Å². The molecule has 0 bridgehead atoms. The first-order chi connectivity index (χ1) is 9.30. The van der Waals surface area contributed by atoms with Gasteiger partial charge in [-0.05, 0) is 31.0 Å². The molecule has 0 aromatic heterocycles. The van der Waals surface area contributed by atoms with Crippen LogP contribution in [0.4, 0.5) is 5.69 Å². The van der Waals surface area contributed by atoms with Crippen LogP contribution in [0.2, 0.25) is 0 Å². The van der Waals surface area contributed by atoms with Crippen molar-refractivity contribution in [3.63, 3.8) is 0 Å². The van der Waals surface area contributed by atoms with E-state index in [1.807, 2.05) is 6.07 Å². The molecule has 1 aromatic rings.